The predicted octanol–water partition coefficient (Wildman–Crippen LogP) is 1.49. The first-order valence-electron chi connectivity index (χ1n) is 4.51. The third-order valence-electron chi connectivity index (χ3n) is 2.25. The highest BCUT2D eigenvalue weighted by molar-refractivity contribution is 5.77. The van der Waals surface area contributed by atoms with E-state index in [0.717, 1.165) is 10.1 Å². The van der Waals surface area contributed by atoms with Crippen LogP contribution in [0.3, 0.4) is 0 Å². The van der Waals surface area contributed by atoms with Gasteiger partial charge in [-0.1, -0.05) is 12.1 Å². The van der Waals surface area contributed by atoms with E-state index in [1.54, 1.807) is 12.1 Å². The summed E-state index contributed by atoms with van der Waals surface area (Å²) in [5, 5.41) is 12.7. The van der Waals surface area contributed by atoms with Gasteiger partial charge in [0.1, 0.15) is 0 Å². The zero-order chi connectivity index (χ0) is 10.8. The Morgan fingerprint density at radius 2 is 1.87 bits per heavy atom. The van der Waals surface area contributed by atoms with Gasteiger partial charge in [0.2, 0.25) is 11.3 Å². The normalized spacial score (nSPS) is 10.3. The summed E-state index contributed by atoms with van der Waals surface area (Å²) < 4.78 is 10.8. The number of fused-ring (bicyclic) bond motifs is 1. The van der Waals surface area contributed by atoms with Crippen LogP contribution in [0, 0.1) is 5.21 Å². The molecule has 0 spiro atoms. The Balaban J connectivity index is 2.81. The number of nitrogens with zero attached hydrogens (tertiary/aromatic N) is 1. The van der Waals surface area contributed by atoms with Gasteiger partial charge in [0.25, 0.3) is 0 Å². The predicted molar refractivity (Wildman–Crippen MR) is 56.0 cm³/mol. The maximum absolute atomic E-state index is 11.9. The highest BCUT2D eigenvalue weighted by Gasteiger charge is 2.17. The fourth-order valence-corrected chi connectivity index (χ4v) is 1.54. The molecule has 1 aromatic carbocycles. The summed E-state index contributed by atoms with van der Waals surface area (Å²) in [6.45, 7) is 0. The van der Waals surface area contributed by atoms with Gasteiger partial charge in [0, 0.05) is 12.1 Å². The largest absolute Gasteiger partial charge is 0.615 e. The minimum atomic E-state index is 0.177. The van der Waals surface area contributed by atoms with Crippen LogP contribution >= 0.6 is 0 Å². The molecule has 0 atom stereocenters. The smallest absolute Gasteiger partial charge is 0.423 e. The van der Waals surface area contributed by atoms with Gasteiger partial charge in [0.15, 0.2) is 0 Å². The molecule has 0 saturated heterocycles. The quantitative estimate of drug-likeness (QED) is 0.551. The number of hydrogen-bond donors (Lipinski definition) is 0. The highest BCUT2D eigenvalue weighted by atomic mass is 16.6. The van der Waals surface area contributed by atoms with Gasteiger partial charge in [-0.25, -0.2) is 0 Å². The maximum atomic E-state index is 11.9. The Kier molecular flexibility index (Phi) is 2.33. The molecule has 0 aliphatic carbocycles. The van der Waals surface area contributed by atoms with E-state index in [1.165, 1.54) is 14.2 Å². The summed E-state index contributed by atoms with van der Waals surface area (Å²) in [6, 6.07) is 9.05. The molecule has 0 saturated carbocycles. The lowest BCUT2D eigenvalue weighted by molar-refractivity contribution is -0.585. The summed E-state index contributed by atoms with van der Waals surface area (Å²) in [4.78, 5) is 0. The Morgan fingerprint density at radius 3 is 2.53 bits per heavy atom. The monoisotopic (exact) mass is 205 g/mol. The molecule has 0 bridgehead atoms. The summed E-state index contributed by atoms with van der Waals surface area (Å²) in [5.41, 5.74) is 0.565. The fourth-order valence-electron chi connectivity index (χ4n) is 1.54. The molecular formula is C11H11NO3. The van der Waals surface area contributed by atoms with Crippen LogP contribution in [-0.2, 0) is 0 Å². The summed E-state index contributed by atoms with van der Waals surface area (Å²) in [5.74, 6) is 0.613. The van der Waals surface area contributed by atoms with E-state index in [4.69, 9.17) is 9.47 Å². The average Bonchev–Trinajstić information content (AvgIpc) is 2.29. The number of aromatic nitrogens is 1. The lowest BCUT2D eigenvalue weighted by atomic mass is 10.2. The summed E-state index contributed by atoms with van der Waals surface area (Å²) >= 11 is 0. The van der Waals surface area contributed by atoms with Gasteiger partial charge in [-0.2, -0.15) is 0 Å². The molecule has 0 radical (unpaired) electrons. The number of hydrogen-bond acceptors (Lipinski definition) is 3. The molecule has 0 fully saturated rings. The first-order chi connectivity index (χ1) is 7.27. The van der Waals surface area contributed by atoms with Gasteiger partial charge >= 0.3 is 5.88 Å². The molecule has 0 N–H and O–H groups in total. The van der Waals surface area contributed by atoms with Crippen molar-refractivity contribution in [1.29, 1.82) is 0 Å². The van der Waals surface area contributed by atoms with Crippen LogP contribution in [-0.4, -0.2) is 14.2 Å². The second kappa shape index (κ2) is 3.65. The van der Waals surface area contributed by atoms with Crippen molar-refractivity contribution in [2.45, 2.75) is 0 Å². The number of para-hydroxylation sites is 1. The molecule has 4 heteroatoms. The van der Waals surface area contributed by atoms with Gasteiger partial charge in [-0.3, -0.25) is 0 Å². The first kappa shape index (κ1) is 9.58. The zero-order valence-corrected chi connectivity index (χ0v) is 8.56. The molecule has 2 rings (SSSR count). The molecule has 0 unspecified atom stereocenters. The number of pyridine rings is 1. The Bertz CT molecular complexity index is 496. The van der Waals surface area contributed by atoms with Crippen molar-refractivity contribution < 1.29 is 14.2 Å². The molecule has 0 aliphatic heterocycles. The molecule has 2 aromatic rings. The van der Waals surface area contributed by atoms with Crippen LogP contribution in [0.4, 0.5) is 0 Å². The van der Waals surface area contributed by atoms with E-state index < -0.39 is 0 Å². The molecule has 1 heterocycles. The Labute approximate surface area is 87.2 Å². The van der Waals surface area contributed by atoms with Crippen LogP contribution in [0.1, 0.15) is 0 Å². The number of rotatable bonds is 2. The van der Waals surface area contributed by atoms with Gasteiger partial charge < -0.3 is 14.7 Å². The van der Waals surface area contributed by atoms with E-state index in [-0.39, 0.29) is 5.88 Å². The molecular weight excluding hydrogens is 194 g/mol. The second-order valence-electron chi connectivity index (χ2n) is 3.08. The number of benzene rings is 1. The number of ether oxygens (including phenoxy) is 2. The van der Waals surface area contributed by atoms with Crippen LogP contribution in [0.15, 0.2) is 30.3 Å². The second-order valence-corrected chi connectivity index (χ2v) is 3.08. The van der Waals surface area contributed by atoms with Gasteiger partial charge in [-0.05, 0) is 6.07 Å². The van der Waals surface area contributed by atoms with E-state index in [1.807, 2.05) is 18.2 Å². The maximum Gasteiger partial charge on any atom is 0.423 e. The minimum Gasteiger partial charge on any atom is -0.615 e. The average molecular weight is 205 g/mol. The van der Waals surface area contributed by atoms with Gasteiger partial charge in [0.05, 0.1) is 19.6 Å². The van der Waals surface area contributed by atoms with Crippen LogP contribution < -0.4 is 14.2 Å². The van der Waals surface area contributed by atoms with Gasteiger partial charge in [-0.15, -0.1) is 4.73 Å². The first-order valence-corrected chi connectivity index (χ1v) is 4.51. The van der Waals surface area contributed by atoms with E-state index in [9.17, 15) is 5.21 Å². The zero-order valence-electron chi connectivity index (χ0n) is 8.56. The molecule has 4 nitrogen and oxygen atoms in total. The lowest BCUT2D eigenvalue weighted by Gasteiger charge is -2.09. The van der Waals surface area contributed by atoms with Crippen molar-refractivity contribution in [3.05, 3.63) is 35.5 Å². The van der Waals surface area contributed by atoms with Crippen molar-refractivity contribution >= 4 is 10.9 Å². The number of methoxy groups -OCH3 is 2. The highest BCUT2D eigenvalue weighted by Crippen LogP contribution is 2.26. The third-order valence-corrected chi connectivity index (χ3v) is 2.25. The van der Waals surface area contributed by atoms with Crippen molar-refractivity contribution in [3.8, 4) is 11.6 Å². The van der Waals surface area contributed by atoms with E-state index in [2.05, 4.69) is 0 Å². The summed E-state index contributed by atoms with van der Waals surface area (Å²) in [6.07, 6.45) is 0. The van der Waals surface area contributed by atoms with Crippen molar-refractivity contribution in [3.63, 3.8) is 0 Å². The fraction of sp³-hybridized carbons (Fsp3) is 0.182. The molecule has 78 valence electrons. The van der Waals surface area contributed by atoms with Crippen molar-refractivity contribution in [1.82, 2.24) is 0 Å². The Morgan fingerprint density at radius 1 is 1.13 bits per heavy atom. The van der Waals surface area contributed by atoms with Crippen LogP contribution in [0.2, 0.25) is 0 Å². The molecule has 0 amide bonds. The molecule has 0 aliphatic rings. The topological polar surface area (TPSA) is 45.4 Å². The lowest BCUT2D eigenvalue weighted by Crippen LogP contribution is -2.29. The van der Waals surface area contributed by atoms with E-state index >= 15 is 0 Å². The van der Waals surface area contributed by atoms with Crippen molar-refractivity contribution in [2.75, 3.05) is 14.2 Å². The third kappa shape index (κ3) is 1.44. The minimum absolute atomic E-state index is 0.177. The summed E-state index contributed by atoms with van der Waals surface area (Å²) in [7, 11) is 2.95. The molecule has 15 heavy (non-hydrogen) atoms. The van der Waals surface area contributed by atoms with Crippen molar-refractivity contribution in [2.24, 2.45) is 0 Å². The SMILES string of the molecule is COc1cc2ccccc2[n+]([O-])c1OC. The molecule has 1 aromatic heterocycles. The van der Waals surface area contributed by atoms with E-state index in [0.29, 0.717) is 11.3 Å². The Hall–Kier alpha value is -1.97. The standard InChI is InChI=1S/C11H11NO3/c1-14-10-7-8-5-3-4-6-9(8)12(13)11(10)15-2/h3-7H,1-2H3. The van der Waals surface area contributed by atoms with Crippen LogP contribution in [0.5, 0.6) is 11.6 Å². The van der Waals surface area contributed by atoms with Crippen LogP contribution in [0.25, 0.3) is 10.9 Å².